The zero-order valence-electron chi connectivity index (χ0n) is 8.28. The Labute approximate surface area is 70.7 Å². The fourth-order valence-electron chi connectivity index (χ4n) is 1.98. The van der Waals surface area contributed by atoms with Crippen molar-refractivity contribution < 1.29 is 0 Å². The zero-order chi connectivity index (χ0) is 8.48. The molecule has 0 amide bonds. The first kappa shape index (κ1) is 8.83. The number of hydrogen-bond acceptors (Lipinski definition) is 0. The standard InChI is InChI=1S/C11H20/c1-5-6-9(2)7-11(4)8-10(11)3/h8-9H,5-7H2,1-4H3. The van der Waals surface area contributed by atoms with Crippen LogP contribution in [0.2, 0.25) is 0 Å². The van der Waals surface area contributed by atoms with Crippen LogP contribution >= 0.6 is 0 Å². The Kier molecular flexibility index (Phi) is 2.41. The normalized spacial score (nSPS) is 31.5. The Balaban J connectivity index is 2.21. The van der Waals surface area contributed by atoms with Gasteiger partial charge in [-0.05, 0) is 19.3 Å². The SMILES string of the molecule is CCCC(C)CC1(C)C=C1C. The van der Waals surface area contributed by atoms with Gasteiger partial charge in [-0.2, -0.15) is 0 Å². The van der Waals surface area contributed by atoms with E-state index in [9.17, 15) is 0 Å². The molecule has 0 aromatic rings. The third kappa shape index (κ3) is 2.08. The highest BCUT2D eigenvalue weighted by Crippen LogP contribution is 2.48. The highest BCUT2D eigenvalue weighted by Gasteiger charge is 2.36. The molecule has 0 bridgehead atoms. The molecule has 0 heterocycles. The van der Waals surface area contributed by atoms with Crippen LogP contribution in [-0.4, -0.2) is 0 Å². The van der Waals surface area contributed by atoms with Crippen LogP contribution < -0.4 is 0 Å². The number of rotatable bonds is 4. The Hall–Kier alpha value is -0.260. The van der Waals surface area contributed by atoms with Crippen molar-refractivity contribution in [2.24, 2.45) is 11.3 Å². The van der Waals surface area contributed by atoms with Gasteiger partial charge in [0.2, 0.25) is 0 Å². The summed E-state index contributed by atoms with van der Waals surface area (Å²) in [5.41, 5.74) is 2.12. The molecule has 2 atom stereocenters. The predicted molar refractivity (Wildman–Crippen MR) is 50.6 cm³/mol. The summed E-state index contributed by atoms with van der Waals surface area (Å²) in [6.07, 6.45) is 6.48. The summed E-state index contributed by atoms with van der Waals surface area (Å²) in [5, 5.41) is 0. The minimum Gasteiger partial charge on any atom is -0.0748 e. The zero-order valence-corrected chi connectivity index (χ0v) is 8.28. The van der Waals surface area contributed by atoms with Crippen molar-refractivity contribution >= 4 is 0 Å². The average Bonchev–Trinajstić information content (AvgIpc) is 2.39. The van der Waals surface area contributed by atoms with Crippen molar-refractivity contribution in [1.82, 2.24) is 0 Å². The summed E-state index contributed by atoms with van der Waals surface area (Å²) in [6.45, 7) is 9.24. The molecule has 1 rings (SSSR count). The molecule has 0 aromatic heterocycles. The first-order chi connectivity index (χ1) is 5.08. The van der Waals surface area contributed by atoms with E-state index < -0.39 is 0 Å². The Morgan fingerprint density at radius 1 is 1.55 bits per heavy atom. The summed E-state index contributed by atoms with van der Waals surface area (Å²) >= 11 is 0. The third-order valence-electron chi connectivity index (χ3n) is 2.91. The first-order valence-corrected chi connectivity index (χ1v) is 4.78. The molecule has 0 radical (unpaired) electrons. The van der Waals surface area contributed by atoms with Crippen molar-refractivity contribution in [3.63, 3.8) is 0 Å². The van der Waals surface area contributed by atoms with Crippen LogP contribution in [0.4, 0.5) is 0 Å². The van der Waals surface area contributed by atoms with Gasteiger partial charge in [0.1, 0.15) is 0 Å². The summed E-state index contributed by atoms with van der Waals surface area (Å²) in [6, 6.07) is 0. The molecule has 0 saturated carbocycles. The van der Waals surface area contributed by atoms with E-state index in [-0.39, 0.29) is 0 Å². The van der Waals surface area contributed by atoms with Crippen LogP contribution in [0.25, 0.3) is 0 Å². The van der Waals surface area contributed by atoms with Gasteiger partial charge in [-0.25, -0.2) is 0 Å². The lowest BCUT2D eigenvalue weighted by Gasteiger charge is -2.16. The Morgan fingerprint density at radius 3 is 2.45 bits per heavy atom. The second-order valence-corrected chi connectivity index (χ2v) is 4.34. The lowest BCUT2D eigenvalue weighted by molar-refractivity contribution is 0.395. The molecule has 0 aromatic carbocycles. The molecular formula is C11H20. The van der Waals surface area contributed by atoms with Crippen LogP contribution in [-0.2, 0) is 0 Å². The van der Waals surface area contributed by atoms with E-state index in [1.807, 2.05) is 0 Å². The smallest absolute Gasteiger partial charge is 0.00654 e. The molecule has 0 fully saturated rings. The van der Waals surface area contributed by atoms with E-state index in [1.54, 1.807) is 5.57 Å². The molecule has 11 heavy (non-hydrogen) atoms. The minimum atomic E-state index is 0.522. The fourth-order valence-corrected chi connectivity index (χ4v) is 1.98. The van der Waals surface area contributed by atoms with Gasteiger partial charge in [-0.15, -0.1) is 0 Å². The van der Waals surface area contributed by atoms with E-state index in [1.165, 1.54) is 19.3 Å². The predicted octanol–water partition coefficient (Wildman–Crippen LogP) is 3.78. The molecule has 64 valence electrons. The minimum absolute atomic E-state index is 0.522. The molecule has 0 spiro atoms. The highest BCUT2D eigenvalue weighted by atomic mass is 14.4. The Bertz CT molecular complexity index is 167. The largest absolute Gasteiger partial charge is 0.0748 e. The maximum Gasteiger partial charge on any atom is 0.00654 e. The average molecular weight is 152 g/mol. The second-order valence-electron chi connectivity index (χ2n) is 4.34. The molecule has 0 aliphatic heterocycles. The molecule has 2 unspecified atom stereocenters. The van der Waals surface area contributed by atoms with Crippen LogP contribution in [0, 0.1) is 11.3 Å². The van der Waals surface area contributed by atoms with Crippen molar-refractivity contribution in [1.29, 1.82) is 0 Å². The highest BCUT2D eigenvalue weighted by molar-refractivity contribution is 5.35. The van der Waals surface area contributed by atoms with Crippen molar-refractivity contribution in [2.75, 3.05) is 0 Å². The first-order valence-electron chi connectivity index (χ1n) is 4.78. The molecule has 1 aliphatic rings. The quantitative estimate of drug-likeness (QED) is 0.538. The molecule has 0 N–H and O–H groups in total. The van der Waals surface area contributed by atoms with Gasteiger partial charge >= 0.3 is 0 Å². The van der Waals surface area contributed by atoms with Crippen molar-refractivity contribution in [3.05, 3.63) is 11.6 Å². The lowest BCUT2D eigenvalue weighted by Crippen LogP contribution is -2.05. The van der Waals surface area contributed by atoms with Gasteiger partial charge in [0.25, 0.3) is 0 Å². The third-order valence-corrected chi connectivity index (χ3v) is 2.91. The maximum absolute atomic E-state index is 2.40. The molecule has 0 saturated heterocycles. The Morgan fingerprint density at radius 2 is 2.09 bits per heavy atom. The van der Waals surface area contributed by atoms with Crippen LogP contribution in [0.5, 0.6) is 0 Å². The molecular weight excluding hydrogens is 132 g/mol. The second kappa shape index (κ2) is 3.00. The van der Waals surface area contributed by atoms with E-state index in [0.717, 1.165) is 5.92 Å². The van der Waals surface area contributed by atoms with Gasteiger partial charge < -0.3 is 0 Å². The molecule has 0 nitrogen and oxygen atoms in total. The van der Waals surface area contributed by atoms with Gasteiger partial charge in [-0.1, -0.05) is 45.3 Å². The van der Waals surface area contributed by atoms with Crippen molar-refractivity contribution in [2.45, 2.75) is 47.0 Å². The molecule has 1 aliphatic carbocycles. The fraction of sp³-hybridized carbons (Fsp3) is 0.818. The lowest BCUT2D eigenvalue weighted by atomic mass is 9.88. The van der Waals surface area contributed by atoms with Crippen LogP contribution in [0.1, 0.15) is 47.0 Å². The van der Waals surface area contributed by atoms with Crippen LogP contribution in [0.15, 0.2) is 11.6 Å². The van der Waals surface area contributed by atoms with Gasteiger partial charge in [-0.3, -0.25) is 0 Å². The van der Waals surface area contributed by atoms with Gasteiger partial charge in [0.15, 0.2) is 0 Å². The number of hydrogen-bond donors (Lipinski definition) is 0. The summed E-state index contributed by atoms with van der Waals surface area (Å²) < 4.78 is 0. The maximum atomic E-state index is 2.40. The number of allylic oxidation sites excluding steroid dienone is 2. The van der Waals surface area contributed by atoms with E-state index in [4.69, 9.17) is 0 Å². The summed E-state index contributed by atoms with van der Waals surface area (Å²) in [7, 11) is 0. The monoisotopic (exact) mass is 152 g/mol. The molecule has 0 heteroatoms. The van der Waals surface area contributed by atoms with Gasteiger partial charge in [0.05, 0.1) is 0 Å². The van der Waals surface area contributed by atoms with E-state index in [0.29, 0.717) is 5.41 Å². The van der Waals surface area contributed by atoms with E-state index in [2.05, 4.69) is 33.8 Å². The van der Waals surface area contributed by atoms with E-state index >= 15 is 0 Å². The summed E-state index contributed by atoms with van der Waals surface area (Å²) in [5.74, 6) is 0.902. The van der Waals surface area contributed by atoms with Gasteiger partial charge in [0, 0.05) is 5.41 Å². The van der Waals surface area contributed by atoms with Crippen LogP contribution in [0.3, 0.4) is 0 Å². The topological polar surface area (TPSA) is 0 Å². The van der Waals surface area contributed by atoms with Crippen molar-refractivity contribution in [3.8, 4) is 0 Å². The summed E-state index contributed by atoms with van der Waals surface area (Å²) in [4.78, 5) is 0.